The van der Waals surface area contributed by atoms with Crippen LogP contribution in [0.25, 0.3) is 0 Å². The molecule has 0 N–H and O–H groups in total. The molecule has 11 nitrogen and oxygen atoms in total. The number of esters is 1. The molecule has 0 aromatic carbocycles. The van der Waals surface area contributed by atoms with Crippen LogP contribution in [0.15, 0.2) is 0 Å². The topological polar surface area (TPSA) is 109 Å². The Hall–Kier alpha value is -0.890. The molecule has 0 aliphatic rings. The van der Waals surface area contributed by atoms with Crippen LogP contribution in [0.3, 0.4) is 0 Å². The van der Waals surface area contributed by atoms with Gasteiger partial charge in [0.15, 0.2) is 0 Å². The Morgan fingerprint density at radius 2 is 0.520 bits per heavy atom. The molecule has 0 spiro atoms. The molecule has 0 saturated heterocycles. The molecule has 0 aliphatic heterocycles. The van der Waals surface area contributed by atoms with Gasteiger partial charge in [-0.25, -0.2) is 0 Å². The van der Waals surface area contributed by atoms with Crippen LogP contribution in [0, 0.1) is 0 Å². The fourth-order valence-corrected chi connectivity index (χ4v) is 4.89. The zero-order chi connectivity index (χ0) is 36.1. The number of unbranched alkanes of at least 4 members (excludes halogenated alkanes) is 14. The van der Waals surface area contributed by atoms with Crippen LogP contribution in [-0.2, 0) is 52.2 Å². The highest BCUT2D eigenvalue weighted by Crippen LogP contribution is 2.13. The summed E-state index contributed by atoms with van der Waals surface area (Å²) in [4.78, 5) is 11.9. The second-order valence-corrected chi connectivity index (χ2v) is 12.4. The monoisotopic (exact) mass is 723 g/mol. The summed E-state index contributed by atoms with van der Waals surface area (Å²) in [5, 5.41) is 0. The molecular formula is C39H78O11. The van der Waals surface area contributed by atoms with E-state index in [1.165, 1.54) is 83.5 Å². The van der Waals surface area contributed by atoms with E-state index in [9.17, 15) is 4.79 Å². The standard InChI is InChI=1S/C39H78O11/c1-3-5-7-8-9-10-11-12-13-14-15-16-17-19-39(40)50-38-37-49-36-35-48-34-33-47-32-31-46-30-29-45-28-27-44-26-25-43-24-23-42-22-21-41-20-18-6-4-2/h3-38H2,1-2H3. The Morgan fingerprint density at radius 3 is 0.840 bits per heavy atom. The molecule has 0 aromatic heterocycles. The van der Waals surface area contributed by atoms with Crippen LogP contribution in [0.4, 0.5) is 0 Å². The smallest absolute Gasteiger partial charge is 0.305 e. The summed E-state index contributed by atoms with van der Waals surface area (Å²) in [5.41, 5.74) is 0. The summed E-state index contributed by atoms with van der Waals surface area (Å²) in [6.07, 6.45) is 20.9. The minimum atomic E-state index is -0.128. The molecule has 300 valence electrons. The largest absolute Gasteiger partial charge is 0.463 e. The van der Waals surface area contributed by atoms with E-state index in [4.69, 9.17) is 47.4 Å². The Bertz CT molecular complexity index is 627. The molecular weight excluding hydrogens is 644 g/mol. The van der Waals surface area contributed by atoms with Crippen molar-refractivity contribution in [3.63, 3.8) is 0 Å². The average Bonchev–Trinajstić information content (AvgIpc) is 3.12. The van der Waals surface area contributed by atoms with Gasteiger partial charge in [0.05, 0.1) is 112 Å². The van der Waals surface area contributed by atoms with E-state index < -0.39 is 0 Å². The maximum absolute atomic E-state index is 11.9. The van der Waals surface area contributed by atoms with Crippen LogP contribution < -0.4 is 0 Å². The second-order valence-electron chi connectivity index (χ2n) is 12.4. The van der Waals surface area contributed by atoms with Crippen molar-refractivity contribution in [2.75, 3.05) is 126 Å². The number of ether oxygens (including phenoxy) is 10. The molecule has 0 aliphatic carbocycles. The Labute approximate surface area is 306 Å². The lowest BCUT2D eigenvalue weighted by Crippen LogP contribution is -2.15. The summed E-state index contributed by atoms with van der Waals surface area (Å²) < 4.78 is 54.6. The SMILES string of the molecule is CCCCCCCCCCCCCCCC(=O)OCCOCCOCCOCCOCCOCCOCCOCCOCCOCCCCC. The van der Waals surface area contributed by atoms with E-state index in [1.807, 2.05) is 0 Å². The molecule has 50 heavy (non-hydrogen) atoms. The van der Waals surface area contributed by atoms with E-state index in [0.29, 0.717) is 125 Å². The van der Waals surface area contributed by atoms with Gasteiger partial charge in [-0.2, -0.15) is 0 Å². The lowest BCUT2D eigenvalue weighted by Gasteiger charge is -2.09. The molecule has 0 radical (unpaired) electrons. The highest BCUT2D eigenvalue weighted by atomic mass is 16.6. The van der Waals surface area contributed by atoms with E-state index >= 15 is 0 Å². The number of rotatable bonds is 45. The molecule has 0 rings (SSSR count). The third-order valence-electron chi connectivity index (χ3n) is 7.84. The van der Waals surface area contributed by atoms with Crippen molar-refractivity contribution in [3.8, 4) is 0 Å². The minimum absolute atomic E-state index is 0.128. The van der Waals surface area contributed by atoms with Gasteiger partial charge in [0.1, 0.15) is 6.61 Å². The van der Waals surface area contributed by atoms with E-state index in [1.54, 1.807) is 0 Å². The molecule has 0 unspecified atom stereocenters. The maximum Gasteiger partial charge on any atom is 0.305 e. The first-order valence-electron chi connectivity index (χ1n) is 20.2. The van der Waals surface area contributed by atoms with Crippen LogP contribution in [-0.4, -0.2) is 132 Å². The number of carbonyl (C=O) groups is 1. The van der Waals surface area contributed by atoms with Gasteiger partial charge in [-0.15, -0.1) is 0 Å². The predicted molar refractivity (Wildman–Crippen MR) is 198 cm³/mol. The van der Waals surface area contributed by atoms with Crippen LogP contribution >= 0.6 is 0 Å². The Morgan fingerprint density at radius 1 is 0.280 bits per heavy atom. The van der Waals surface area contributed by atoms with Gasteiger partial charge in [-0.1, -0.05) is 104 Å². The molecule has 0 bridgehead atoms. The van der Waals surface area contributed by atoms with Gasteiger partial charge in [-0.05, 0) is 12.8 Å². The summed E-state index contributed by atoms with van der Waals surface area (Å²) in [6.45, 7) is 14.4. The molecule has 0 saturated carbocycles. The van der Waals surface area contributed by atoms with E-state index in [-0.39, 0.29) is 5.97 Å². The van der Waals surface area contributed by atoms with Gasteiger partial charge in [0.2, 0.25) is 0 Å². The van der Waals surface area contributed by atoms with E-state index in [0.717, 1.165) is 25.9 Å². The van der Waals surface area contributed by atoms with Gasteiger partial charge in [-0.3, -0.25) is 4.79 Å². The lowest BCUT2D eigenvalue weighted by molar-refractivity contribution is -0.145. The van der Waals surface area contributed by atoms with Crippen molar-refractivity contribution in [2.45, 2.75) is 123 Å². The number of hydrogen-bond acceptors (Lipinski definition) is 11. The third kappa shape index (κ3) is 45.1. The maximum atomic E-state index is 11.9. The van der Waals surface area contributed by atoms with Gasteiger partial charge in [0, 0.05) is 13.0 Å². The highest BCUT2D eigenvalue weighted by Gasteiger charge is 2.03. The molecule has 0 amide bonds. The van der Waals surface area contributed by atoms with Crippen LogP contribution in [0.5, 0.6) is 0 Å². The molecule has 11 heteroatoms. The molecule has 0 aromatic rings. The summed E-state index contributed by atoms with van der Waals surface area (Å²) >= 11 is 0. The van der Waals surface area contributed by atoms with E-state index in [2.05, 4.69) is 13.8 Å². The molecule has 0 fully saturated rings. The number of carbonyl (C=O) groups excluding carboxylic acids is 1. The second kappa shape index (κ2) is 46.1. The minimum Gasteiger partial charge on any atom is -0.463 e. The van der Waals surface area contributed by atoms with Crippen molar-refractivity contribution < 1.29 is 52.2 Å². The normalized spacial score (nSPS) is 11.5. The zero-order valence-corrected chi connectivity index (χ0v) is 32.4. The molecule has 0 atom stereocenters. The fraction of sp³-hybridized carbons (Fsp3) is 0.974. The highest BCUT2D eigenvalue weighted by molar-refractivity contribution is 5.69. The van der Waals surface area contributed by atoms with Gasteiger partial charge >= 0.3 is 5.97 Å². The van der Waals surface area contributed by atoms with Crippen molar-refractivity contribution in [1.82, 2.24) is 0 Å². The number of hydrogen-bond donors (Lipinski definition) is 0. The van der Waals surface area contributed by atoms with Gasteiger partial charge in [0.25, 0.3) is 0 Å². The predicted octanol–water partition coefficient (Wildman–Crippen LogP) is 7.35. The average molecular weight is 723 g/mol. The first-order chi connectivity index (χ1) is 24.8. The quantitative estimate of drug-likeness (QED) is 0.0465. The van der Waals surface area contributed by atoms with Gasteiger partial charge < -0.3 is 47.4 Å². The van der Waals surface area contributed by atoms with Crippen LogP contribution in [0.2, 0.25) is 0 Å². The fourth-order valence-electron chi connectivity index (χ4n) is 4.89. The van der Waals surface area contributed by atoms with Crippen molar-refractivity contribution >= 4 is 5.97 Å². The van der Waals surface area contributed by atoms with Crippen molar-refractivity contribution in [1.29, 1.82) is 0 Å². The summed E-state index contributed by atoms with van der Waals surface area (Å²) in [7, 11) is 0. The third-order valence-corrected chi connectivity index (χ3v) is 7.84. The first-order valence-corrected chi connectivity index (χ1v) is 20.2. The van der Waals surface area contributed by atoms with Crippen molar-refractivity contribution in [3.05, 3.63) is 0 Å². The first kappa shape index (κ1) is 49.1. The Balaban J connectivity index is 3.12. The lowest BCUT2D eigenvalue weighted by atomic mass is 10.0. The molecule has 0 heterocycles. The zero-order valence-electron chi connectivity index (χ0n) is 32.4. The summed E-state index contributed by atoms with van der Waals surface area (Å²) in [5.74, 6) is -0.128. The summed E-state index contributed by atoms with van der Waals surface area (Å²) in [6, 6.07) is 0. The van der Waals surface area contributed by atoms with Crippen molar-refractivity contribution in [2.24, 2.45) is 0 Å². The Kier molecular flexibility index (Phi) is 45.3. The van der Waals surface area contributed by atoms with Crippen LogP contribution in [0.1, 0.15) is 123 Å².